The number of piperidine rings is 1. The lowest BCUT2D eigenvalue weighted by Gasteiger charge is -2.40. The van der Waals surface area contributed by atoms with Crippen LogP contribution in [0, 0.1) is 17.7 Å². The van der Waals surface area contributed by atoms with Crippen molar-refractivity contribution >= 4 is 76.4 Å². The fraction of sp³-hybridized carbons (Fsp3) is 0.466. The molecule has 4 fully saturated rings. The zero-order valence-corrected chi connectivity index (χ0v) is 47.0. The maximum atomic E-state index is 15.1. The van der Waals surface area contributed by atoms with Gasteiger partial charge in [0.05, 0.1) is 11.0 Å². The number of nitrogens with zero attached hydrogens (tertiary/aromatic N) is 4. The Labute approximate surface area is 471 Å². The molecule has 0 radical (unpaired) electrons. The maximum Gasteiger partial charge on any atom is 0.396 e. The first-order valence-electron chi connectivity index (χ1n) is 27.9. The van der Waals surface area contributed by atoms with E-state index < -0.39 is 78.7 Å². The number of benzene rings is 3. The third kappa shape index (κ3) is 12.8. The van der Waals surface area contributed by atoms with Gasteiger partial charge in [-0.3, -0.25) is 52.1 Å². The number of aromatic amines is 1. The Bertz CT molecular complexity index is 3500. The van der Waals surface area contributed by atoms with E-state index in [1.165, 1.54) is 35.2 Å². The van der Waals surface area contributed by atoms with E-state index in [-0.39, 0.29) is 90.4 Å². The predicted octanol–water partition coefficient (Wildman–Crippen LogP) is 4.56. The van der Waals surface area contributed by atoms with E-state index >= 15 is 9.18 Å². The zero-order chi connectivity index (χ0) is 58.9. The zero-order valence-electron chi connectivity index (χ0n) is 46.1. The molecule has 24 heteroatoms. The van der Waals surface area contributed by atoms with Gasteiger partial charge in [-0.2, -0.15) is 0 Å². The molecular weight excluding hydrogens is 1080 g/mol. The van der Waals surface area contributed by atoms with Crippen LogP contribution in [-0.4, -0.2) is 118 Å². The van der Waals surface area contributed by atoms with E-state index in [4.69, 9.17) is 5.73 Å². The number of amides is 7. The van der Waals surface area contributed by atoms with Gasteiger partial charge in [-0.05, 0) is 142 Å². The number of carbonyl (C=O) groups is 8. The molecule has 5 aromatic rings. The number of carbonyl (C=O) groups excluding carboxylic acids is 8. The highest BCUT2D eigenvalue weighted by molar-refractivity contribution is 7.70. The highest BCUT2D eigenvalue weighted by Crippen LogP contribution is 2.40. The van der Waals surface area contributed by atoms with Crippen molar-refractivity contribution in [1.82, 2.24) is 45.2 Å². The number of H-pyrrole nitrogens is 1. The average Bonchev–Trinajstić information content (AvgIpc) is 3.22. The van der Waals surface area contributed by atoms with Crippen molar-refractivity contribution in [1.29, 1.82) is 0 Å². The minimum absolute atomic E-state index is 0.0659. The van der Waals surface area contributed by atoms with E-state index in [1.54, 1.807) is 33.2 Å². The third-order valence-corrected chi connectivity index (χ3v) is 17.6. The average molecular weight is 1150 g/mol. The van der Waals surface area contributed by atoms with Crippen LogP contribution in [0.4, 0.5) is 4.39 Å². The molecule has 436 valence electrons. The number of imidazole rings is 1. The molecule has 9 rings (SSSR count). The molecule has 4 aliphatic rings. The summed E-state index contributed by atoms with van der Waals surface area (Å²) in [7, 11) is -3.43. The van der Waals surface area contributed by atoms with Crippen LogP contribution in [0.15, 0.2) is 77.7 Å². The second kappa shape index (κ2) is 24.4. The van der Waals surface area contributed by atoms with Crippen molar-refractivity contribution in [3.8, 4) is 0 Å². The summed E-state index contributed by atoms with van der Waals surface area (Å²) in [5.41, 5.74) is 7.81. The summed E-state index contributed by atoms with van der Waals surface area (Å²) < 4.78 is 29.9. The minimum atomic E-state index is -5.13. The highest BCUT2D eigenvalue weighted by atomic mass is 31.2. The minimum Gasteiger partial charge on any atom is -0.370 e. The van der Waals surface area contributed by atoms with Gasteiger partial charge in [-0.15, -0.1) is 0 Å². The van der Waals surface area contributed by atoms with E-state index in [2.05, 4.69) is 32.8 Å². The number of hydrogen-bond acceptors (Lipinski definition) is 10. The summed E-state index contributed by atoms with van der Waals surface area (Å²) in [5.74, 6) is -4.57. The Kier molecular flexibility index (Phi) is 17.5. The van der Waals surface area contributed by atoms with Crippen molar-refractivity contribution in [2.24, 2.45) is 24.6 Å². The number of aryl methyl sites for hydroxylation is 2. The van der Waals surface area contributed by atoms with Gasteiger partial charge in [-0.25, -0.2) is 9.18 Å². The molecule has 82 heavy (non-hydrogen) atoms. The SMILES string of the molecule is C=C1CCC(n2c(=O)n(C)c3cc(CC[C@H]4CC[C@@H](C(=O)N5CC[C@H]6CC[C@@H](C(=O)N[C@@H](CCC(N)=O)C(=O)NCc7ccc(C(C)C)cc7F)N6C(=O)[C@@H](NC(=O)c6cc7cc(C(=O)P(=O)(O)O)ccc7[nH]6)C5)CC4)ccc32)C(=O)N1. The van der Waals surface area contributed by atoms with Gasteiger partial charge >= 0.3 is 13.3 Å². The van der Waals surface area contributed by atoms with Crippen LogP contribution in [0.3, 0.4) is 0 Å². The van der Waals surface area contributed by atoms with Crippen LogP contribution in [-0.2, 0) is 53.3 Å². The molecule has 22 nitrogen and oxygen atoms in total. The van der Waals surface area contributed by atoms with Crippen LogP contribution in [0.5, 0.6) is 0 Å². The Morgan fingerprint density at radius 2 is 1.66 bits per heavy atom. The smallest absolute Gasteiger partial charge is 0.370 e. The standard InChI is InChI=1S/C58H70FN10O12P/c1-31(2)36-13-14-38(41(59)27-36)29-61-51(71)43(18-22-50(60)70)64-54(74)47-21-16-40-23-24-67(30-45(56(76)68(40)47)65-52(72)44-28-39-26-37(15-17-42(39)63-44)57(77)82(79,80)81)55(75)35-11-8-33(9-12-35)6-7-34-10-20-46-49(25-34)66(4)58(78)69(46)48-19-5-32(3)62-53(48)73/h10,13-15,17,20,25-28,31,33,35,40,43,45,47-48,63H,3,5-9,11-12,16,18-19,21-24,29-30H2,1-2,4H3,(H2,60,70)(H,61,71)(H,62,73)(H,64,74)(H,65,72)(H2,79,80,81)/t33-,35+,40-,43+,45+,47+,48?/m1/s1. The number of primary amides is 1. The van der Waals surface area contributed by atoms with E-state index in [0.29, 0.717) is 61.2 Å². The van der Waals surface area contributed by atoms with Gasteiger partial charge in [0.1, 0.15) is 35.7 Å². The van der Waals surface area contributed by atoms with Crippen LogP contribution < -0.4 is 32.7 Å². The molecule has 1 unspecified atom stereocenters. The maximum absolute atomic E-state index is 15.1. The van der Waals surface area contributed by atoms with E-state index in [0.717, 1.165) is 42.3 Å². The summed E-state index contributed by atoms with van der Waals surface area (Å²) in [6.45, 7) is 7.40. The summed E-state index contributed by atoms with van der Waals surface area (Å²) in [6.07, 6.45) is 5.63. The van der Waals surface area contributed by atoms with Gasteiger partial charge in [0.2, 0.25) is 35.4 Å². The molecule has 3 aliphatic heterocycles. The van der Waals surface area contributed by atoms with Crippen LogP contribution in [0.1, 0.15) is 140 Å². The summed E-state index contributed by atoms with van der Waals surface area (Å²) in [4.78, 5) is 148. The van der Waals surface area contributed by atoms with Crippen LogP contribution >= 0.6 is 7.60 Å². The topological polar surface area (TPSA) is 317 Å². The summed E-state index contributed by atoms with van der Waals surface area (Å²) >= 11 is 0. The van der Waals surface area contributed by atoms with Gasteiger partial charge < -0.3 is 51.6 Å². The first-order chi connectivity index (χ1) is 38.9. The molecule has 5 atom stereocenters. The Morgan fingerprint density at radius 1 is 0.902 bits per heavy atom. The van der Waals surface area contributed by atoms with Gasteiger partial charge in [-0.1, -0.05) is 38.6 Å². The van der Waals surface area contributed by atoms with E-state index in [1.807, 2.05) is 32.0 Å². The van der Waals surface area contributed by atoms with Gasteiger partial charge in [0, 0.05) is 72.8 Å². The second-order valence-corrected chi connectivity index (χ2v) is 24.1. The van der Waals surface area contributed by atoms with Crippen LogP contribution in [0.25, 0.3) is 21.9 Å². The normalized spacial score (nSPS) is 21.9. The molecule has 7 amide bonds. The van der Waals surface area contributed by atoms with Crippen molar-refractivity contribution in [3.05, 3.63) is 117 Å². The number of nitrogens with one attached hydrogen (secondary N) is 5. The number of hydrogen-bond donors (Lipinski definition) is 8. The number of fused-ring (bicyclic) bond motifs is 3. The molecule has 3 saturated heterocycles. The number of allylic oxidation sites excluding steroid dienone is 1. The molecule has 9 N–H and O–H groups in total. The largest absolute Gasteiger partial charge is 0.396 e. The Balaban J connectivity index is 0.894. The second-order valence-electron chi connectivity index (χ2n) is 22.7. The van der Waals surface area contributed by atoms with Gasteiger partial charge in [0.25, 0.3) is 11.4 Å². The monoisotopic (exact) mass is 1150 g/mol. The molecule has 3 aromatic carbocycles. The Hall–Kier alpha value is -7.75. The fourth-order valence-corrected chi connectivity index (χ4v) is 12.6. The molecule has 0 spiro atoms. The lowest BCUT2D eigenvalue weighted by molar-refractivity contribution is -0.147. The molecular formula is C58H70FN10O12P. The fourth-order valence-electron chi connectivity index (χ4n) is 12.1. The lowest BCUT2D eigenvalue weighted by atomic mass is 9.79. The molecule has 1 saturated carbocycles. The summed E-state index contributed by atoms with van der Waals surface area (Å²) in [5, 5.41) is 11.2. The van der Waals surface area contributed by atoms with Crippen molar-refractivity contribution < 1.29 is 57.1 Å². The molecule has 1 aliphatic carbocycles. The van der Waals surface area contributed by atoms with Gasteiger partial charge in [0.15, 0.2) is 0 Å². The van der Waals surface area contributed by atoms with Crippen molar-refractivity contribution in [2.75, 3.05) is 13.1 Å². The molecule has 5 heterocycles. The predicted molar refractivity (Wildman–Crippen MR) is 300 cm³/mol. The number of nitrogens with two attached hydrogens (primary N) is 1. The number of halogens is 1. The first-order valence-corrected chi connectivity index (χ1v) is 29.5. The molecule has 0 bridgehead atoms. The number of aromatic nitrogens is 3. The van der Waals surface area contributed by atoms with Crippen molar-refractivity contribution in [2.45, 2.75) is 140 Å². The summed E-state index contributed by atoms with van der Waals surface area (Å²) in [6, 6.07) is 10.7. The van der Waals surface area contributed by atoms with Crippen molar-refractivity contribution in [3.63, 3.8) is 0 Å². The van der Waals surface area contributed by atoms with E-state index in [9.17, 15) is 52.7 Å². The third-order valence-electron chi connectivity index (χ3n) is 16.8. The highest BCUT2D eigenvalue weighted by Gasteiger charge is 2.47. The molecule has 2 aromatic heterocycles. The van der Waals surface area contributed by atoms with Crippen LogP contribution in [0.2, 0.25) is 0 Å². The number of rotatable bonds is 18. The Morgan fingerprint density at radius 3 is 2.35 bits per heavy atom. The first kappa shape index (κ1) is 58.9. The quantitative estimate of drug-likeness (QED) is 0.0560. The lowest BCUT2D eigenvalue weighted by Crippen LogP contribution is -2.62.